The summed E-state index contributed by atoms with van der Waals surface area (Å²) in [6.45, 7) is 0. The smallest absolute Gasteiger partial charge is 0.258 e. The number of hydrogen-bond acceptors (Lipinski definition) is 5. The standard InChI is InChI=1S/C6H2ClF2IN2O4S/c7-17(15,16)3-1-2(12(13)14)4(10)5(11-3)6(8)9/h1,6H. The fourth-order valence-electron chi connectivity index (χ4n) is 0.914. The minimum absolute atomic E-state index is 0.424. The average Bonchev–Trinajstić information content (AvgIpc) is 2.14. The van der Waals surface area contributed by atoms with Crippen LogP contribution in [0.2, 0.25) is 0 Å². The van der Waals surface area contributed by atoms with E-state index in [1.807, 2.05) is 0 Å². The molecule has 0 fully saturated rings. The largest absolute Gasteiger partial charge is 0.287 e. The molecule has 0 spiro atoms. The molecule has 0 aliphatic rings. The fourth-order valence-corrected chi connectivity index (χ4v) is 2.32. The second kappa shape index (κ2) is 4.94. The summed E-state index contributed by atoms with van der Waals surface area (Å²) in [5.41, 5.74) is -1.77. The monoisotopic (exact) mass is 398 g/mol. The maximum atomic E-state index is 12.5. The van der Waals surface area contributed by atoms with Gasteiger partial charge in [-0.1, -0.05) is 0 Å². The van der Waals surface area contributed by atoms with Gasteiger partial charge in [-0.2, -0.15) is 0 Å². The minimum Gasteiger partial charge on any atom is -0.258 e. The number of nitro groups is 1. The number of rotatable bonds is 3. The molecule has 0 radical (unpaired) electrons. The van der Waals surface area contributed by atoms with Crippen LogP contribution in [0.4, 0.5) is 14.5 Å². The molecule has 6 nitrogen and oxygen atoms in total. The summed E-state index contributed by atoms with van der Waals surface area (Å²) in [6, 6.07) is 0.538. The van der Waals surface area contributed by atoms with Gasteiger partial charge in [-0.25, -0.2) is 22.2 Å². The zero-order chi connectivity index (χ0) is 13.4. The Kier molecular flexibility index (Phi) is 4.19. The molecule has 0 saturated carbocycles. The van der Waals surface area contributed by atoms with Crippen molar-refractivity contribution in [2.75, 3.05) is 0 Å². The molecule has 0 saturated heterocycles. The Bertz CT molecular complexity index is 580. The predicted octanol–water partition coefficient (Wildman–Crippen LogP) is 2.46. The van der Waals surface area contributed by atoms with Gasteiger partial charge in [-0.15, -0.1) is 0 Å². The van der Waals surface area contributed by atoms with Gasteiger partial charge in [0.2, 0.25) is 0 Å². The molecule has 94 valence electrons. The molecule has 17 heavy (non-hydrogen) atoms. The van der Waals surface area contributed by atoms with E-state index in [1.165, 1.54) is 22.6 Å². The van der Waals surface area contributed by atoms with Crippen LogP contribution in [-0.4, -0.2) is 18.3 Å². The molecule has 11 heteroatoms. The van der Waals surface area contributed by atoms with Crippen molar-refractivity contribution >= 4 is 48.0 Å². The minimum atomic E-state index is -4.41. The SMILES string of the molecule is O=[N+]([O-])c1cc(S(=O)(=O)Cl)nc(C(F)F)c1I. The first-order valence-corrected chi connectivity index (χ1v) is 7.11. The lowest BCUT2D eigenvalue weighted by Gasteiger charge is -2.05. The number of hydrogen-bond donors (Lipinski definition) is 0. The van der Waals surface area contributed by atoms with Crippen LogP contribution in [-0.2, 0) is 9.05 Å². The van der Waals surface area contributed by atoms with Crippen molar-refractivity contribution in [3.63, 3.8) is 0 Å². The lowest BCUT2D eigenvalue weighted by Crippen LogP contribution is -2.05. The first-order chi connectivity index (χ1) is 7.64. The Hall–Kier alpha value is -0.620. The van der Waals surface area contributed by atoms with Crippen molar-refractivity contribution in [1.82, 2.24) is 4.98 Å². The molecule has 0 unspecified atom stereocenters. The van der Waals surface area contributed by atoms with Crippen molar-refractivity contribution < 1.29 is 22.1 Å². The van der Waals surface area contributed by atoms with Gasteiger partial charge in [0, 0.05) is 10.7 Å². The highest BCUT2D eigenvalue weighted by molar-refractivity contribution is 14.1. The summed E-state index contributed by atoms with van der Waals surface area (Å²) in [7, 11) is 0.492. The lowest BCUT2D eigenvalue weighted by atomic mass is 10.3. The first-order valence-electron chi connectivity index (χ1n) is 3.72. The third-order valence-electron chi connectivity index (χ3n) is 1.59. The molecule has 0 amide bonds. The lowest BCUT2D eigenvalue weighted by molar-refractivity contribution is -0.386. The topological polar surface area (TPSA) is 90.2 Å². The van der Waals surface area contributed by atoms with Gasteiger partial charge in [-0.05, 0) is 22.6 Å². The number of nitrogens with zero attached hydrogens (tertiary/aromatic N) is 2. The van der Waals surface area contributed by atoms with Crippen molar-refractivity contribution in [3.8, 4) is 0 Å². The molecule has 1 aromatic heterocycles. The highest BCUT2D eigenvalue weighted by Crippen LogP contribution is 2.32. The van der Waals surface area contributed by atoms with Gasteiger partial charge in [0.15, 0.2) is 5.03 Å². The van der Waals surface area contributed by atoms with Gasteiger partial charge < -0.3 is 0 Å². The van der Waals surface area contributed by atoms with Crippen LogP contribution in [0.3, 0.4) is 0 Å². The van der Waals surface area contributed by atoms with E-state index in [1.54, 1.807) is 0 Å². The second-order valence-electron chi connectivity index (χ2n) is 2.67. The zero-order valence-electron chi connectivity index (χ0n) is 7.60. The van der Waals surface area contributed by atoms with Gasteiger partial charge in [0.05, 0.1) is 11.0 Å². The Morgan fingerprint density at radius 3 is 2.41 bits per heavy atom. The Balaban J connectivity index is 3.65. The highest BCUT2D eigenvalue weighted by Gasteiger charge is 2.27. The Labute approximate surface area is 112 Å². The third kappa shape index (κ3) is 3.19. The quantitative estimate of drug-likeness (QED) is 0.338. The van der Waals surface area contributed by atoms with Crippen LogP contribution < -0.4 is 0 Å². The van der Waals surface area contributed by atoms with Crippen molar-refractivity contribution in [3.05, 3.63) is 25.4 Å². The van der Waals surface area contributed by atoms with Crippen LogP contribution in [0.15, 0.2) is 11.1 Å². The zero-order valence-corrected chi connectivity index (χ0v) is 11.3. The van der Waals surface area contributed by atoms with E-state index in [0.717, 1.165) is 0 Å². The van der Waals surface area contributed by atoms with Gasteiger partial charge in [0.1, 0.15) is 9.26 Å². The highest BCUT2D eigenvalue weighted by atomic mass is 127. The van der Waals surface area contributed by atoms with Crippen LogP contribution in [0, 0.1) is 13.7 Å². The number of aromatic nitrogens is 1. The van der Waals surface area contributed by atoms with Gasteiger partial charge in [0.25, 0.3) is 21.2 Å². The summed E-state index contributed by atoms with van der Waals surface area (Å²) >= 11 is 1.29. The van der Waals surface area contributed by atoms with Crippen LogP contribution >= 0.6 is 33.3 Å². The summed E-state index contributed by atoms with van der Waals surface area (Å²) in [5, 5.41) is 9.60. The molecule has 1 rings (SSSR count). The average molecular weight is 399 g/mol. The van der Waals surface area contributed by atoms with Crippen molar-refractivity contribution in [1.29, 1.82) is 0 Å². The summed E-state index contributed by atoms with van der Waals surface area (Å²) in [6.07, 6.45) is -3.14. The van der Waals surface area contributed by atoms with Crippen LogP contribution in [0.25, 0.3) is 0 Å². The second-order valence-corrected chi connectivity index (χ2v) is 6.27. The summed E-state index contributed by atoms with van der Waals surface area (Å²) in [4.78, 5) is 12.7. The molecule has 0 atom stereocenters. The molecule has 0 bridgehead atoms. The van der Waals surface area contributed by atoms with E-state index in [4.69, 9.17) is 10.7 Å². The van der Waals surface area contributed by atoms with Crippen molar-refractivity contribution in [2.24, 2.45) is 0 Å². The molecule has 1 heterocycles. The summed E-state index contributed by atoms with van der Waals surface area (Å²) in [5.74, 6) is 0. The first kappa shape index (κ1) is 14.4. The number of alkyl halides is 2. The van der Waals surface area contributed by atoms with Crippen LogP contribution in [0.1, 0.15) is 12.1 Å². The number of pyridine rings is 1. The normalized spacial score (nSPS) is 11.8. The molecule has 0 aliphatic heterocycles. The maximum Gasteiger partial charge on any atom is 0.287 e. The fraction of sp³-hybridized carbons (Fsp3) is 0.167. The molecule has 0 aliphatic carbocycles. The van der Waals surface area contributed by atoms with E-state index in [-0.39, 0.29) is 0 Å². The number of halogens is 4. The predicted molar refractivity (Wildman–Crippen MR) is 61.6 cm³/mol. The van der Waals surface area contributed by atoms with E-state index < -0.39 is 40.4 Å². The van der Waals surface area contributed by atoms with Gasteiger partial charge in [-0.3, -0.25) is 10.1 Å². The third-order valence-corrected chi connectivity index (χ3v) is 3.88. The maximum absolute atomic E-state index is 12.5. The molecule has 0 N–H and O–H groups in total. The molecule has 0 aromatic carbocycles. The molecular weight excluding hydrogens is 396 g/mol. The van der Waals surface area contributed by atoms with E-state index >= 15 is 0 Å². The van der Waals surface area contributed by atoms with E-state index in [2.05, 4.69) is 4.98 Å². The van der Waals surface area contributed by atoms with Crippen LogP contribution in [0.5, 0.6) is 0 Å². The van der Waals surface area contributed by atoms with E-state index in [0.29, 0.717) is 6.07 Å². The Morgan fingerprint density at radius 1 is 1.53 bits per heavy atom. The van der Waals surface area contributed by atoms with Crippen molar-refractivity contribution in [2.45, 2.75) is 11.5 Å². The van der Waals surface area contributed by atoms with Gasteiger partial charge >= 0.3 is 0 Å². The summed E-state index contributed by atoms with van der Waals surface area (Å²) < 4.78 is 46.5. The molecule has 1 aromatic rings. The van der Waals surface area contributed by atoms with E-state index in [9.17, 15) is 27.3 Å². The molecular formula is C6H2ClF2IN2O4S. The Morgan fingerprint density at radius 2 is 2.06 bits per heavy atom.